The summed E-state index contributed by atoms with van der Waals surface area (Å²) >= 11 is 20.8. The van der Waals surface area contributed by atoms with Crippen LogP contribution >= 0.6 is 34.8 Å². The third kappa shape index (κ3) is 3.55. The van der Waals surface area contributed by atoms with Crippen LogP contribution in [0.15, 0.2) is 72.8 Å². The Kier molecular flexibility index (Phi) is 6.37. The van der Waals surface area contributed by atoms with Crippen molar-refractivity contribution < 1.29 is 23.9 Å². The molecule has 3 aromatic rings. The SMILES string of the molecule is CC(C)[C@@H](C(=O)OCC(=O)c1ccc(Cl)cc1)N1C(=O)[C@@H]2[C@H](C1=O)C1(Cl)c3ccccc3C2(Cl)c2ccccc21. The van der Waals surface area contributed by atoms with Crippen molar-refractivity contribution in [1.82, 2.24) is 4.90 Å². The lowest BCUT2D eigenvalue weighted by atomic mass is 9.54. The van der Waals surface area contributed by atoms with Gasteiger partial charge in [-0.15, -0.1) is 23.2 Å². The quantitative estimate of drug-likeness (QED) is 0.158. The minimum atomic E-state index is -1.36. The number of carbonyl (C=O) groups excluding carboxylic acids is 4. The Balaban J connectivity index is 1.37. The van der Waals surface area contributed by atoms with Gasteiger partial charge in [-0.3, -0.25) is 19.3 Å². The van der Waals surface area contributed by atoms with Crippen molar-refractivity contribution in [3.63, 3.8) is 0 Å². The lowest BCUT2D eigenvalue weighted by molar-refractivity contribution is -0.160. The van der Waals surface area contributed by atoms with Crippen molar-refractivity contribution in [3.05, 3.63) is 106 Å². The van der Waals surface area contributed by atoms with Crippen molar-refractivity contribution in [2.75, 3.05) is 6.61 Å². The number of ether oxygens (including phenoxy) is 1. The number of halogens is 3. The summed E-state index contributed by atoms with van der Waals surface area (Å²) in [7, 11) is 0. The lowest BCUT2D eigenvalue weighted by Crippen LogP contribution is -2.57. The number of rotatable bonds is 6. The van der Waals surface area contributed by atoms with Crippen molar-refractivity contribution in [1.29, 1.82) is 0 Å². The van der Waals surface area contributed by atoms with Gasteiger partial charge in [0.25, 0.3) is 0 Å². The Morgan fingerprint density at radius 1 is 0.800 bits per heavy atom. The molecule has 9 heteroatoms. The van der Waals surface area contributed by atoms with Gasteiger partial charge in [0.15, 0.2) is 12.4 Å². The minimum Gasteiger partial charge on any atom is -0.456 e. The predicted molar refractivity (Wildman–Crippen MR) is 150 cm³/mol. The summed E-state index contributed by atoms with van der Waals surface area (Å²) in [6.45, 7) is 2.86. The van der Waals surface area contributed by atoms with Crippen LogP contribution in [0.3, 0.4) is 0 Å². The average Bonchev–Trinajstić information content (AvgIpc) is 3.21. The number of likely N-dealkylation sites (tertiary alicyclic amines) is 1. The Morgan fingerprint density at radius 2 is 1.23 bits per heavy atom. The molecule has 3 atom stereocenters. The Labute approximate surface area is 246 Å². The van der Waals surface area contributed by atoms with Gasteiger partial charge in [0.05, 0.1) is 11.8 Å². The fraction of sp³-hybridized carbons (Fsp3) is 0.290. The number of imide groups is 1. The molecule has 3 aromatic carbocycles. The van der Waals surface area contributed by atoms with Crippen molar-refractivity contribution in [2.24, 2.45) is 17.8 Å². The first kappa shape index (κ1) is 27.0. The summed E-state index contributed by atoms with van der Waals surface area (Å²) in [5.74, 6) is -5.04. The molecule has 0 N–H and O–H groups in total. The number of amides is 2. The van der Waals surface area contributed by atoms with Gasteiger partial charge in [-0.2, -0.15) is 0 Å². The number of nitrogens with zero attached hydrogens (tertiary/aromatic N) is 1. The topological polar surface area (TPSA) is 80.8 Å². The van der Waals surface area contributed by atoms with Crippen LogP contribution in [0.5, 0.6) is 0 Å². The predicted octanol–water partition coefficient (Wildman–Crippen LogP) is 5.68. The molecule has 7 rings (SSSR count). The summed E-state index contributed by atoms with van der Waals surface area (Å²) in [5.41, 5.74) is 3.01. The maximum absolute atomic E-state index is 14.2. The number of carbonyl (C=O) groups is 4. The molecule has 6 nitrogen and oxygen atoms in total. The zero-order valence-corrected chi connectivity index (χ0v) is 23.8. The van der Waals surface area contributed by atoms with Crippen LogP contribution in [0.2, 0.25) is 5.02 Å². The van der Waals surface area contributed by atoms with Gasteiger partial charge in [0.2, 0.25) is 11.8 Å². The first-order valence-corrected chi connectivity index (χ1v) is 14.1. The van der Waals surface area contributed by atoms with Crippen LogP contribution in [-0.4, -0.2) is 41.1 Å². The highest BCUT2D eigenvalue weighted by atomic mass is 35.5. The molecule has 0 radical (unpaired) electrons. The number of hydrogen-bond donors (Lipinski definition) is 0. The molecular weight excluding hydrogens is 573 g/mol. The molecule has 204 valence electrons. The average molecular weight is 597 g/mol. The van der Waals surface area contributed by atoms with Gasteiger partial charge in [-0.25, -0.2) is 4.79 Å². The zero-order chi connectivity index (χ0) is 28.6. The molecule has 3 aliphatic carbocycles. The number of ketones is 1. The summed E-state index contributed by atoms with van der Waals surface area (Å²) in [6.07, 6.45) is 0. The highest BCUT2D eigenvalue weighted by Crippen LogP contribution is 2.69. The second kappa shape index (κ2) is 9.44. The Bertz CT molecular complexity index is 1460. The summed E-state index contributed by atoms with van der Waals surface area (Å²) in [5, 5.41) is 0.466. The van der Waals surface area contributed by atoms with Crippen LogP contribution in [-0.2, 0) is 28.9 Å². The van der Waals surface area contributed by atoms with E-state index in [-0.39, 0.29) is 0 Å². The number of alkyl halides is 2. The molecule has 1 aliphatic heterocycles. The molecule has 0 unspecified atom stereocenters. The second-order valence-electron chi connectivity index (χ2n) is 10.7. The lowest BCUT2D eigenvalue weighted by Gasteiger charge is -2.54. The Morgan fingerprint density at radius 3 is 1.62 bits per heavy atom. The molecule has 2 bridgehead atoms. The number of Topliss-reactive ketones (excluding diaryl/α,β-unsaturated/α-hetero) is 1. The van der Waals surface area contributed by atoms with E-state index < -0.39 is 63.7 Å². The molecule has 1 fully saturated rings. The molecule has 2 amide bonds. The van der Waals surface area contributed by atoms with Crippen molar-refractivity contribution in [3.8, 4) is 0 Å². The van der Waals surface area contributed by atoms with E-state index in [2.05, 4.69) is 0 Å². The van der Waals surface area contributed by atoms with Crippen LogP contribution in [0, 0.1) is 17.8 Å². The molecular formula is C31H24Cl3NO5. The van der Waals surface area contributed by atoms with E-state index in [1.165, 1.54) is 12.1 Å². The van der Waals surface area contributed by atoms with Crippen LogP contribution in [0.25, 0.3) is 0 Å². The monoisotopic (exact) mass is 595 g/mol. The molecule has 0 saturated carbocycles. The third-order valence-electron chi connectivity index (χ3n) is 8.28. The van der Waals surface area contributed by atoms with E-state index in [4.69, 9.17) is 39.5 Å². The number of hydrogen-bond acceptors (Lipinski definition) is 5. The fourth-order valence-corrected chi connectivity index (χ4v) is 7.80. The molecule has 0 spiro atoms. The summed E-state index contributed by atoms with van der Waals surface area (Å²) in [6, 6.07) is 19.6. The molecule has 0 aromatic heterocycles. The highest BCUT2D eigenvalue weighted by molar-refractivity contribution is 6.36. The van der Waals surface area contributed by atoms with Crippen LogP contribution < -0.4 is 0 Å². The van der Waals surface area contributed by atoms with Crippen LogP contribution in [0.4, 0.5) is 0 Å². The highest BCUT2D eigenvalue weighted by Gasteiger charge is 2.74. The second-order valence-corrected chi connectivity index (χ2v) is 12.4. The third-order valence-corrected chi connectivity index (χ3v) is 9.82. The Hall–Kier alpha value is -3.19. The van der Waals surface area contributed by atoms with Gasteiger partial charge >= 0.3 is 5.97 Å². The van der Waals surface area contributed by atoms with E-state index in [1.54, 1.807) is 26.0 Å². The normalized spacial score (nSPS) is 26.8. The molecule has 4 aliphatic rings. The minimum absolute atomic E-state index is 0.318. The fourth-order valence-electron chi connectivity index (χ4n) is 6.58. The maximum atomic E-state index is 14.2. The van der Waals surface area contributed by atoms with Gasteiger partial charge < -0.3 is 4.74 Å². The van der Waals surface area contributed by atoms with E-state index in [9.17, 15) is 19.2 Å². The smallest absolute Gasteiger partial charge is 0.330 e. The molecule has 1 heterocycles. The van der Waals surface area contributed by atoms with Gasteiger partial charge in [0.1, 0.15) is 15.8 Å². The van der Waals surface area contributed by atoms with E-state index in [0.29, 0.717) is 32.8 Å². The van der Waals surface area contributed by atoms with Crippen LogP contribution in [0.1, 0.15) is 46.5 Å². The molecule has 40 heavy (non-hydrogen) atoms. The standard InChI is InChI=1S/C31H24Cl3NO5/c1-16(2)26(29(39)40-15-23(36)17-11-13-18(32)14-12-17)35-27(37)24-25(28(35)38)31(34)20-8-4-3-7-19(20)30(24,33)21-9-5-6-10-22(21)31/h3-14,16,24-26H,15H2,1-2H3/t24-,25+,26-,30?,31?/m0/s1. The summed E-state index contributed by atoms with van der Waals surface area (Å²) < 4.78 is 5.38. The summed E-state index contributed by atoms with van der Waals surface area (Å²) in [4.78, 5) is 52.8. The zero-order valence-electron chi connectivity index (χ0n) is 21.6. The maximum Gasteiger partial charge on any atom is 0.330 e. The van der Waals surface area contributed by atoms with Gasteiger partial charge in [-0.05, 0) is 52.4 Å². The van der Waals surface area contributed by atoms with Crippen molar-refractivity contribution >= 4 is 58.4 Å². The number of esters is 1. The first-order chi connectivity index (χ1) is 19.0. The van der Waals surface area contributed by atoms with Crippen molar-refractivity contribution in [2.45, 2.75) is 29.6 Å². The van der Waals surface area contributed by atoms with Gasteiger partial charge in [0, 0.05) is 10.6 Å². The molecule has 1 saturated heterocycles. The largest absolute Gasteiger partial charge is 0.456 e. The van der Waals surface area contributed by atoms with E-state index in [1.807, 2.05) is 48.5 Å². The number of benzene rings is 3. The van der Waals surface area contributed by atoms with E-state index >= 15 is 0 Å². The van der Waals surface area contributed by atoms with Gasteiger partial charge in [-0.1, -0.05) is 74.0 Å². The first-order valence-electron chi connectivity index (χ1n) is 12.9. The van der Waals surface area contributed by atoms with E-state index in [0.717, 1.165) is 4.90 Å².